The van der Waals surface area contributed by atoms with Gasteiger partial charge in [-0.1, -0.05) is 41.8 Å². The van der Waals surface area contributed by atoms with Crippen molar-refractivity contribution in [3.8, 4) is 0 Å². The summed E-state index contributed by atoms with van der Waals surface area (Å²) in [4.78, 5) is 12.0. The molecule has 3 rings (SSSR count). The molecule has 0 aromatic carbocycles. The van der Waals surface area contributed by atoms with Gasteiger partial charge in [0.05, 0.1) is 23.6 Å². The van der Waals surface area contributed by atoms with Crippen LogP contribution < -0.4 is 5.32 Å². The van der Waals surface area contributed by atoms with Crippen molar-refractivity contribution in [3.05, 3.63) is 30.0 Å². The molecule has 110 valence electrons. The van der Waals surface area contributed by atoms with Crippen molar-refractivity contribution in [2.24, 2.45) is 0 Å². The topological polar surface area (TPSA) is 73.3 Å². The standard InChI is InChI=1S/C12H14BN3O3S2/c1-8-5-9-3-2-4-10(13(18-8)19-9)15-11(17)6-20-12-16-14-7-21-12/h2-3,7,9-10H,1,4-6H2,(H,15,17)/t9-,10+/m1/s1. The number of amides is 1. The van der Waals surface area contributed by atoms with E-state index in [0.717, 1.165) is 4.34 Å². The van der Waals surface area contributed by atoms with E-state index in [2.05, 4.69) is 22.1 Å². The van der Waals surface area contributed by atoms with Gasteiger partial charge in [0.1, 0.15) is 5.51 Å². The number of carbonyl (C=O) groups is 1. The average Bonchev–Trinajstić information content (AvgIpc) is 2.92. The van der Waals surface area contributed by atoms with Gasteiger partial charge in [0.25, 0.3) is 0 Å². The molecule has 0 radical (unpaired) electrons. The van der Waals surface area contributed by atoms with Crippen LogP contribution in [0.1, 0.15) is 12.8 Å². The molecular weight excluding hydrogens is 309 g/mol. The van der Waals surface area contributed by atoms with Crippen LogP contribution >= 0.6 is 23.1 Å². The van der Waals surface area contributed by atoms with Crippen molar-refractivity contribution < 1.29 is 14.1 Å². The highest BCUT2D eigenvalue weighted by Crippen LogP contribution is 2.25. The molecule has 1 N–H and O–H groups in total. The second kappa shape index (κ2) is 6.63. The van der Waals surface area contributed by atoms with E-state index >= 15 is 0 Å². The summed E-state index contributed by atoms with van der Waals surface area (Å²) in [5.74, 6) is 0.721. The van der Waals surface area contributed by atoms with Gasteiger partial charge >= 0.3 is 7.12 Å². The van der Waals surface area contributed by atoms with Gasteiger partial charge in [-0.25, -0.2) is 0 Å². The van der Waals surface area contributed by atoms with Crippen molar-refractivity contribution in [1.82, 2.24) is 15.5 Å². The van der Waals surface area contributed by atoms with E-state index in [0.29, 0.717) is 24.4 Å². The number of hydrogen-bond acceptors (Lipinski definition) is 7. The Morgan fingerprint density at radius 1 is 1.67 bits per heavy atom. The Morgan fingerprint density at radius 3 is 3.38 bits per heavy atom. The number of aromatic nitrogens is 2. The second-order valence-electron chi connectivity index (χ2n) is 4.73. The quantitative estimate of drug-likeness (QED) is 0.513. The van der Waals surface area contributed by atoms with Crippen molar-refractivity contribution in [2.45, 2.75) is 29.2 Å². The first-order valence-electron chi connectivity index (χ1n) is 6.55. The third-order valence-corrected chi connectivity index (χ3v) is 4.96. The summed E-state index contributed by atoms with van der Waals surface area (Å²) < 4.78 is 12.2. The van der Waals surface area contributed by atoms with Gasteiger partial charge in [-0.15, -0.1) is 10.2 Å². The summed E-state index contributed by atoms with van der Waals surface area (Å²) in [6.07, 6.45) is 5.37. The number of rotatable bonds is 4. The SMILES string of the molecule is C=C1C[C@H]2C=CC[C@H](NC(=O)CSc3nncs3)B(O1)O2. The molecule has 0 aliphatic carbocycles. The molecule has 21 heavy (non-hydrogen) atoms. The number of carbonyl (C=O) groups excluding carboxylic acids is 1. The normalized spacial score (nSPS) is 24.4. The summed E-state index contributed by atoms with van der Waals surface area (Å²) in [5, 5.41) is 10.6. The molecule has 1 aromatic heterocycles. The number of nitrogens with one attached hydrogen (secondary N) is 1. The number of hydrogen-bond donors (Lipinski definition) is 1. The molecule has 2 aliphatic rings. The van der Waals surface area contributed by atoms with Crippen molar-refractivity contribution in [1.29, 1.82) is 0 Å². The third kappa shape index (κ3) is 3.87. The maximum Gasteiger partial charge on any atom is 0.549 e. The van der Waals surface area contributed by atoms with Crippen LogP contribution in [0.5, 0.6) is 0 Å². The molecule has 1 amide bonds. The van der Waals surface area contributed by atoms with Gasteiger partial charge in [-0.2, -0.15) is 0 Å². The van der Waals surface area contributed by atoms with Crippen LogP contribution in [0.15, 0.2) is 34.3 Å². The van der Waals surface area contributed by atoms with Crippen molar-refractivity contribution >= 4 is 36.1 Å². The highest BCUT2D eigenvalue weighted by Gasteiger charge is 2.40. The van der Waals surface area contributed by atoms with Gasteiger partial charge in [0.2, 0.25) is 5.91 Å². The fraction of sp³-hybridized carbons (Fsp3) is 0.417. The molecule has 2 atom stereocenters. The maximum absolute atomic E-state index is 12.0. The lowest BCUT2D eigenvalue weighted by atomic mass is 9.75. The molecule has 6 nitrogen and oxygen atoms in total. The number of thioether (sulfide) groups is 1. The molecule has 0 saturated carbocycles. The van der Waals surface area contributed by atoms with Crippen LogP contribution in [0.3, 0.4) is 0 Å². The summed E-state index contributed by atoms with van der Waals surface area (Å²) in [5.41, 5.74) is 1.64. The van der Waals surface area contributed by atoms with Crippen LogP contribution in [0, 0.1) is 0 Å². The van der Waals surface area contributed by atoms with Gasteiger partial charge in [-0.05, 0) is 6.42 Å². The minimum atomic E-state index is -0.471. The Hall–Kier alpha value is -1.32. The minimum absolute atomic E-state index is 0.00563. The molecule has 1 aromatic rings. The van der Waals surface area contributed by atoms with Crippen LogP contribution in [0.4, 0.5) is 0 Å². The first-order chi connectivity index (χ1) is 10.2. The molecule has 9 heteroatoms. The van der Waals surface area contributed by atoms with E-state index in [-0.39, 0.29) is 18.0 Å². The second-order valence-corrected chi connectivity index (χ2v) is 6.79. The van der Waals surface area contributed by atoms with E-state index in [1.165, 1.54) is 23.1 Å². The third-order valence-electron chi connectivity index (χ3n) is 3.10. The predicted octanol–water partition coefficient (Wildman–Crippen LogP) is 1.42. The van der Waals surface area contributed by atoms with Crippen LogP contribution in [0.2, 0.25) is 0 Å². The zero-order valence-corrected chi connectivity index (χ0v) is 12.9. The lowest BCUT2D eigenvalue weighted by Gasteiger charge is -2.30. The smallest absolute Gasteiger partial charge is 0.538 e. The summed E-state index contributed by atoms with van der Waals surface area (Å²) in [6, 6.07) is 0. The summed E-state index contributed by atoms with van der Waals surface area (Å²) in [7, 11) is -0.471. The Kier molecular flexibility index (Phi) is 4.62. The van der Waals surface area contributed by atoms with Gasteiger partial charge in [0.15, 0.2) is 4.34 Å². The highest BCUT2D eigenvalue weighted by molar-refractivity contribution is 8.01. The Bertz CT molecular complexity index is 552. The van der Waals surface area contributed by atoms with Crippen LogP contribution in [-0.4, -0.2) is 41.0 Å². The summed E-state index contributed by atoms with van der Waals surface area (Å²) >= 11 is 2.79. The zero-order valence-electron chi connectivity index (χ0n) is 11.2. The van der Waals surface area contributed by atoms with Gasteiger partial charge in [-0.3, -0.25) is 4.79 Å². The first kappa shape index (κ1) is 14.6. The van der Waals surface area contributed by atoms with E-state index in [1.54, 1.807) is 5.51 Å². The van der Waals surface area contributed by atoms with Crippen molar-refractivity contribution in [2.75, 3.05) is 5.75 Å². The fourth-order valence-corrected chi connectivity index (χ4v) is 3.49. The molecular formula is C12H14BN3O3S2. The summed E-state index contributed by atoms with van der Waals surface area (Å²) in [6.45, 7) is 3.86. The number of fused-ring (bicyclic) bond motifs is 2. The van der Waals surface area contributed by atoms with E-state index in [9.17, 15) is 4.79 Å². The predicted molar refractivity (Wildman–Crippen MR) is 81.8 cm³/mol. The van der Waals surface area contributed by atoms with E-state index in [1.807, 2.05) is 12.2 Å². The van der Waals surface area contributed by atoms with E-state index < -0.39 is 7.12 Å². The fourth-order valence-electron chi connectivity index (χ4n) is 2.19. The van der Waals surface area contributed by atoms with Crippen LogP contribution in [-0.2, 0) is 14.1 Å². The molecule has 2 bridgehead atoms. The highest BCUT2D eigenvalue weighted by atomic mass is 32.2. The number of nitrogens with zero attached hydrogens (tertiary/aromatic N) is 2. The van der Waals surface area contributed by atoms with Crippen molar-refractivity contribution in [3.63, 3.8) is 0 Å². The molecule has 0 unspecified atom stereocenters. The molecule has 0 spiro atoms. The van der Waals surface area contributed by atoms with Crippen LogP contribution in [0.25, 0.3) is 0 Å². The zero-order chi connectivity index (χ0) is 14.7. The lowest BCUT2D eigenvalue weighted by Crippen LogP contribution is -2.51. The Labute approximate surface area is 131 Å². The first-order valence-corrected chi connectivity index (χ1v) is 8.42. The largest absolute Gasteiger partial charge is 0.549 e. The van der Waals surface area contributed by atoms with Gasteiger partial charge < -0.3 is 14.6 Å². The molecule has 1 fully saturated rings. The Balaban J connectivity index is 1.54. The molecule has 2 aliphatic heterocycles. The monoisotopic (exact) mass is 323 g/mol. The Morgan fingerprint density at radius 2 is 2.57 bits per heavy atom. The van der Waals surface area contributed by atoms with E-state index in [4.69, 9.17) is 9.31 Å². The molecule has 3 heterocycles. The minimum Gasteiger partial charge on any atom is -0.538 e. The molecule has 1 saturated heterocycles. The lowest BCUT2D eigenvalue weighted by molar-refractivity contribution is -0.119. The maximum atomic E-state index is 12.0. The average molecular weight is 323 g/mol. The van der Waals surface area contributed by atoms with Gasteiger partial charge in [0, 0.05) is 6.42 Å².